The number of nitrogens with one attached hydrogen (secondary N) is 1. The molecule has 1 aromatic rings. The molecule has 116 valence electrons. The Morgan fingerprint density at radius 1 is 1.33 bits per heavy atom. The molecule has 8 heteroatoms. The molecule has 0 aliphatic rings. The Kier molecular flexibility index (Phi) is 6.16. The van der Waals surface area contributed by atoms with Gasteiger partial charge >= 0.3 is 5.97 Å². The van der Waals surface area contributed by atoms with E-state index in [1.807, 2.05) is 0 Å². The van der Waals surface area contributed by atoms with E-state index in [9.17, 15) is 18.0 Å². The van der Waals surface area contributed by atoms with Gasteiger partial charge in [0.1, 0.15) is 5.75 Å². The van der Waals surface area contributed by atoms with Gasteiger partial charge in [0.25, 0.3) is 0 Å². The second-order valence-electron chi connectivity index (χ2n) is 4.45. The van der Waals surface area contributed by atoms with E-state index in [2.05, 4.69) is 10.1 Å². The van der Waals surface area contributed by atoms with Crippen molar-refractivity contribution >= 4 is 33.1 Å². The zero-order chi connectivity index (χ0) is 15.9. The number of benzene rings is 1. The van der Waals surface area contributed by atoms with Crippen LogP contribution in [-0.4, -0.2) is 38.9 Å². The fourth-order valence-corrected chi connectivity index (χ4v) is 2.81. The minimum absolute atomic E-state index is 0.0369. The third kappa shape index (κ3) is 6.75. The Labute approximate surface area is 123 Å². The van der Waals surface area contributed by atoms with Gasteiger partial charge in [0.05, 0.1) is 12.9 Å². The highest BCUT2D eigenvalue weighted by atomic mass is 32.2. The van der Waals surface area contributed by atoms with Crippen LogP contribution in [0.4, 0.5) is 11.4 Å². The first-order chi connectivity index (χ1) is 9.82. The Balaban J connectivity index is 2.38. The highest BCUT2D eigenvalue weighted by molar-refractivity contribution is 7.92. The molecule has 0 aliphatic heterocycles. The number of amides is 1. The van der Waals surface area contributed by atoms with Gasteiger partial charge in [0.15, 0.2) is 9.84 Å². The summed E-state index contributed by atoms with van der Waals surface area (Å²) in [4.78, 5) is 22.6. The average Bonchev–Trinajstić information content (AvgIpc) is 2.37. The maximum atomic E-state index is 11.6. The maximum Gasteiger partial charge on any atom is 0.320 e. The summed E-state index contributed by atoms with van der Waals surface area (Å²) in [5, 5.41) is 2.62. The molecule has 3 N–H and O–H groups in total. The molecule has 0 aromatic heterocycles. The second kappa shape index (κ2) is 7.63. The summed E-state index contributed by atoms with van der Waals surface area (Å²) in [7, 11) is -2.42. The van der Waals surface area contributed by atoms with Crippen molar-refractivity contribution in [3.8, 4) is 0 Å². The number of methoxy groups -OCH3 is 1. The van der Waals surface area contributed by atoms with Crippen molar-refractivity contribution in [3.05, 3.63) is 24.3 Å². The monoisotopic (exact) mass is 314 g/mol. The third-order valence-corrected chi connectivity index (χ3v) is 4.18. The molecular weight excluding hydrogens is 296 g/mol. The lowest BCUT2D eigenvalue weighted by molar-refractivity contribution is -0.137. The number of esters is 1. The first-order valence-electron chi connectivity index (χ1n) is 6.25. The molecule has 0 unspecified atom stereocenters. The molecule has 1 aromatic carbocycles. The topological polar surface area (TPSA) is 116 Å². The number of nitrogens with two attached hydrogens (primary N) is 1. The fourth-order valence-electron chi connectivity index (χ4n) is 1.60. The van der Waals surface area contributed by atoms with E-state index < -0.39 is 21.6 Å². The lowest BCUT2D eigenvalue weighted by Crippen LogP contribution is -2.21. The Bertz CT molecular complexity index is 613. The highest BCUT2D eigenvalue weighted by Gasteiger charge is 2.17. The summed E-state index contributed by atoms with van der Waals surface area (Å²) < 4.78 is 27.4. The van der Waals surface area contributed by atoms with Gasteiger partial charge in [-0.15, -0.1) is 0 Å². The van der Waals surface area contributed by atoms with Gasteiger partial charge in [-0.2, -0.15) is 0 Å². The van der Waals surface area contributed by atoms with Gasteiger partial charge in [-0.3, -0.25) is 9.59 Å². The number of hydrogen-bond acceptors (Lipinski definition) is 6. The van der Waals surface area contributed by atoms with Crippen molar-refractivity contribution < 1.29 is 22.7 Å². The number of anilines is 2. The number of nitrogen functional groups attached to an aromatic ring is 1. The average molecular weight is 314 g/mol. The molecule has 0 radical (unpaired) electrons. The second-order valence-corrected chi connectivity index (χ2v) is 6.63. The Morgan fingerprint density at radius 3 is 2.67 bits per heavy atom. The predicted octanol–water partition coefficient (Wildman–Crippen LogP) is 0.575. The zero-order valence-corrected chi connectivity index (χ0v) is 12.5. The fraction of sp³-hybridized carbons (Fsp3) is 0.385. The van der Waals surface area contributed by atoms with E-state index in [1.54, 1.807) is 24.3 Å². The Hall–Kier alpha value is -2.09. The minimum atomic E-state index is -3.54. The van der Waals surface area contributed by atoms with Gasteiger partial charge in [0, 0.05) is 17.8 Å². The third-order valence-electron chi connectivity index (χ3n) is 2.60. The minimum Gasteiger partial charge on any atom is -0.468 e. The molecule has 7 nitrogen and oxygen atoms in total. The summed E-state index contributed by atoms with van der Waals surface area (Å²) in [5.41, 5.74) is 6.65. The van der Waals surface area contributed by atoms with Crippen LogP contribution in [0.2, 0.25) is 0 Å². The van der Waals surface area contributed by atoms with Gasteiger partial charge in [-0.05, 0) is 24.6 Å². The van der Waals surface area contributed by atoms with Crippen LogP contribution in [0.1, 0.15) is 12.8 Å². The van der Waals surface area contributed by atoms with Crippen LogP contribution in [-0.2, 0) is 24.2 Å². The van der Waals surface area contributed by atoms with Crippen LogP contribution in [0.3, 0.4) is 0 Å². The van der Waals surface area contributed by atoms with Crippen LogP contribution in [0.5, 0.6) is 0 Å². The summed E-state index contributed by atoms with van der Waals surface area (Å²) in [6.07, 6.45) is 0.169. The summed E-state index contributed by atoms with van der Waals surface area (Å²) in [6, 6.07) is 6.68. The van der Waals surface area contributed by atoms with Crippen LogP contribution in [0.15, 0.2) is 24.3 Å². The van der Waals surface area contributed by atoms with Crippen LogP contribution in [0.25, 0.3) is 0 Å². The number of ether oxygens (including phenoxy) is 1. The first kappa shape index (κ1) is 17.0. The number of carbonyl (C=O) groups is 2. The molecule has 1 amide bonds. The van der Waals surface area contributed by atoms with Crippen LogP contribution in [0, 0.1) is 0 Å². The molecule has 0 heterocycles. The van der Waals surface area contributed by atoms with E-state index in [4.69, 9.17) is 5.73 Å². The molecular formula is C13H18N2O5S. The molecule has 0 bridgehead atoms. The normalized spacial score (nSPS) is 10.9. The molecule has 0 spiro atoms. The maximum absolute atomic E-state index is 11.6. The zero-order valence-electron chi connectivity index (χ0n) is 11.7. The largest absolute Gasteiger partial charge is 0.468 e. The highest BCUT2D eigenvalue weighted by Crippen LogP contribution is 2.12. The molecule has 0 saturated carbocycles. The van der Waals surface area contributed by atoms with Crippen LogP contribution < -0.4 is 11.1 Å². The first-order valence-corrected chi connectivity index (χ1v) is 8.07. The Morgan fingerprint density at radius 2 is 2.05 bits per heavy atom. The number of carbonyl (C=O) groups excluding carboxylic acids is 2. The molecule has 0 aliphatic carbocycles. The van der Waals surface area contributed by atoms with E-state index in [0.717, 1.165) is 7.11 Å². The van der Waals surface area contributed by atoms with Gasteiger partial charge in [0.2, 0.25) is 5.91 Å². The van der Waals surface area contributed by atoms with Gasteiger partial charge < -0.3 is 15.8 Å². The number of sulfone groups is 1. The molecule has 0 fully saturated rings. The molecule has 0 atom stereocenters. The van der Waals surface area contributed by atoms with E-state index in [-0.39, 0.29) is 24.5 Å². The summed E-state index contributed by atoms with van der Waals surface area (Å²) in [6.45, 7) is 0. The van der Waals surface area contributed by atoms with E-state index >= 15 is 0 Å². The van der Waals surface area contributed by atoms with E-state index in [0.29, 0.717) is 11.4 Å². The van der Waals surface area contributed by atoms with Crippen molar-refractivity contribution in [3.63, 3.8) is 0 Å². The summed E-state index contributed by atoms with van der Waals surface area (Å²) >= 11 is 0. The summed E-state index contributed by atoms with van der Waals surface area (Å²) in [5.74, 6) is -2.03. The SMILES string of the molecule is COC(=O)CS(=O)(=O)CCCC(=O)Nc1cccc(N)c1. The van der Waals surface area contributed by atoms with Crippen molar-refractivity contribution in [2.75, 3.05) is 29.7 Å². The molecule has 21 heavy (non-hydrogen) atoms. The lowest BCUT2D eigenvalue weighted by Gasteiger charge is -2.06. The van der Waals surface area contributed by atoms with Crippen molar-refractivity contribution in [2.45, 2.75) is 12.8 Å². The molecule has 0 saturated heterocycles. The lowest BCUT2D eigenvalue weighted by atomic mass is 10.2. The van der Waals surface area contributed by atoms with Crippen molar-refractivity contribution in [1.82, 2.24) is 0 Å². The van der Waals surface area contributed by atoms with Crippen molar-refractivity contribution in [1.29, 1.82) is 0 Å². The molecule has 1 rings (SSSR count). The van der Waals surface area contributed by atoms with E-state index in [1.165, 1.54) is 0 Å². The van der Waals surface area contributed by atoms with Crippen LogP contribution >= 0.6 is 0 Å². The predicted molar refractivity (Wildman–Crippen MR) is 79.4 cm³/mol. The van der Waals surface area contributed by atoms with Gasteiger partial charge in [-0.25, -0.2) is 8.42 Å². The standard InChI is InChI=1S/C13H18N2O5S/c1-20-13(17)9-21(18,19)7-3-6-12(16)15-11-5-2-4-10(14)8-11/h2,4-5,8H,3,6-7,9,14H2,1H3,(H,15,16). The smallest absolute Gasteiger partial charge is 0.320 e. The number of rotatable bonds is 7. The van der Waals surface area contributed by atoms with Crippen molar-refractivity contribution in [2.24, 2.45) is 0 Å². The van der Waals surface area contributed by atoms with Gasteiger partial charge in [-0.1, -0.05) is 6.07 Å². The number of hydrogen-bond donors (Lipinski definition) is 2. The quantitative estimate of drug-likeness (QED) is 0.561.